The van der Waals surface area contributed by atoms with Gasteiger partial charge in [0.05, 0.1) is 6.54 Å². The molecule has 22 heavy (non-hydrogen) atoms. The molecule has 118 valence electrons. The molecule has 2 aliphatic rings. The summed E-state index contributed by atoms with van der Waals surface area (Å²) < 4.78 is 11.7. The number of amides is 1. The summed E-state index contributed by atoms with van der Waals surface area (Å²) in [6, 6.07) is 3.81. The van der Waals surface area contributed by atoms with Crippen molar-refractivity contribution in [3.05, 3.63) is 33.9 Å². The quantitative estimate of drug-likeness (QED) is 0.728. The highest BCUT2D eigenvalue weighted by Crippen LogP contribution is 2.38. The number of alkyl halides is 1. The van der Waals surface area contributed by atoms with Crippen molar-refractivity contribution in [3.8, 4) is 11.5 Å². The second-order valence-electron chi connectivity index (χ2n) is 5.35. The SMILES string of the molecule is O=C(CCl)N(Cc1cc2c(cc1Br)OCO2)C1=CCCCC1. The fourth-order valence-corrected chi connectivity index (χ4v) is 3.33. The molecule has 0 N–H and O–H groups in total. The molecule has 3 rings (SSSR count). The van der Waals surface area contributed by atoms with E-state index >= 15 is 0 Å². The Morgan fingerprint density at radius 1 is 1.27 bits per heavy atom. The van der Waals surface area contributed by atoms with E-state index in [0.29, 0.717) is 12.3 Å². The number of ether oxygens (including phenoxy) is 2. The predicted octanol–water partition coefficient (Wildman–Crippen LogP) is 4.20. The summed E-state index contributed by atoms with van der Waals surface area (Å²) in [5, 5.41) is 0. The number of benzene rings is 1. The largest absolute Gasteiger partial charge is 0.454 e. The molecule has 0 atom stereocenters. The van der Waals surface area contributed by atoms with Crippen LogP contribution in [-0.2, 0) is 11.3 Å². The highest BCUT2D eigenvalue weighted by atomic mass is 79.9. The van der Waals surface area contributed by atoms with Gasteiger partial charge in [-0.1, -0.05) is 22.0 Å². The fourth-order valence-electron chi connectivity index (χ4n) is 2.74. The summed E-state index contributed by atoms with van der Waals surface area (Å²) >= 11 is 9.34. The van der Waals surface area contributed by atoms with E-state index in [1.54, 1.807) is 4.90 Å². The third kappa shape index (κ3) is 3.25. The molecule has 1 aromatic rings. The van der Waals surface area contributed by atoms with Gasteiger partial charge in [-0.2, -0.15) is 0 Å². The summed E-state index contributed by atoms with van der Waals surface area (Å²) in [6.45, 7) is 0.718. The second kappa shape index (κ2) is 6.92. The van der Waals surface area contributed by atoms with Crippen molar-refractivity contribution >= 4 is 33.4 Å². The number of rotatable bonds is 4. The molecule has 0 saturated heterocycles. The number of carbonyl (C=O) groups is 1. The zero-order chi connectivity index (χ0) is 15.5. The van der Waals surface area contributed by atoms with Crippen molar-refractivity contribution in [2.75, 3.05) is 12.7 Å². The van der Waals surface area contributed by atoms with Crippen LogP contribution >= 0.6 is 27.5 Å². The maximum absolute atomic E-state index is 12.2. The molecule has 1 amide bonds. The lowest BCUT2D eigenvalue weighted by atomic mass is 10.0. The van der Waals surface area contributed by atoms with Crippen molar-refractivity contribution < 1.29 is 14.3 Å². The van der Waals surface area contributed by atoms with Crippen LogP contribution in [0.3, 0.4) is 0 Å². The molecule has 1 aromatic carbocycles. The minimum atomic E-state index is -0.0700. The van der Waals surface area contributed by atoms with Gasteiger partial charge in [-0.15, -0.1) is 11.6 Å². The van der Waals surface area contributed by atoms with E-state index < -0.39 is 0 Å². The first-order chi connectivity index (χ1) is 10.7. The number of carbonyl (C=O) groups excluding carboxylic acids is 1. The smallest absolute Gasteiger partial charge is 0.241 e. The molecule has 1 heterocycles. The average Bonchev–Trinajstić information content (AvgIpc) is 2.99. The van der Waals surface area contributed by atoms with E-state index in [0.717, 1.165) is 40.7 Å². The molecule has 1 aliphatic heterocycles. The third-order valence-corrected chi connectivity index (χ3v) is 4.87. The van der Waals surface area contributed by atoms with Crippen LogP contribution < -0.4 is 9.47 Å². The number of allylic oxidation sites excluding steroid dienone is 2. The molecular formula is C16H17BrClNO3. The van der Waals surface area contributed by atoms with Gasteiger partial charge in [-0.25, -0.2) is 0 Å². The van der Waals surface area contributed by atoms with Crippen LogP contribution in [0, 0.1) is 0 Å². The Balaban J connectivity index is 1.87. The van der Waals surface area contributed by atoms with Crippen LogP contribution in [0.5, 0.6) is 11.5 Å². The normalized spacial score (nSPS) is 16.4. The Hall–Kier alpha value is -1.20. The Labute approximate surface area is 143 Å². The summed E-state index contributed by atoms with van der Waals surface area (Å²) in [4.78, 5) is 14.0. The molecular weight excluding hydrogens is 370 g/mol. The summed E-state index contributed by atoms with van der Waals surface area (Å²) in [7, 11) is 0. The van der Waals surface area contributed by atoms with Crippen molar-refractivity contribution in [1.29, 1.82) is 0 Å². The number of nitrogens with zero attached hydrogens (tertiary/aromatic N) is 1. The monoisotopic (exact) mass is 385 g/mol. The van der Waals surface area contributed by atoms with Crippen molar-refractivity contribution in [2.24, 2.45) is 0 Å². The fraction of sp³-hybridized carbons (Fsp3) is 0.438. The van der Waals surface area contributed by atoms with E-state index in [1.165, 1.54) is 6.42 Å². The summed E-state index contributed by atoms with van der Waals surface area (Å²) in [6.07, 6.45) is 6.38. The van der Waals surface area contributed by atoms with Crippen LogP contribution in [0.1, 0.15) is 31.2 Å². The van der Waals surface area contributed by atoms with Gasteiger partial charge in [0.15, 0.2) is 11.5 Å². The van der Waals surface area contributed by atoms with Gasteiger partial charge >= 0.3 is 0 Å². The Morgan fingerprint density at radius 3 is 2.73 bits per heavy atom. The first kappa shape index (κ1) is 15.7. The summed E-state index contributed by atoms with van der Waals surface area (Å²) in [5.41, 5.74) is 2.05. The van der Waals surface area contributed by atoms with Gasteiger partial charge < -0.3 is 14.4 Å². The standard InChI is InChI=1S/C16H17BrClNO3/c17-13-7-15-14(21-10-22-15)6-11(13)9-19(16(20)8-18)12-4-2-1-3-5-12/h4,6-7H,1-3,5,8-10H2. The van der Waals surface area contributed by atoms with E-state index in [2.05, 4.69) is 22.0 Å². The number of hydrogen-bond donors (Lipinski definition) is 0. The lowest BCUT2D eigenvalue weighted by Gasteiger charge is -2.27. The Kier molecular flexibility index (Phi) is 4.93. The molecule has 0 fully saturated rings. The maximum atomic E-state index is 12.2. The first-order valence-electron chi connectivity index (χ1n) is 7.32. The van der Waals surface area contributed by atoms with E-state index in [9.17, 15) is 4.79 Å². The highest BCUT2D eigenvalue weighted by molar-refractivity contribution is 9.10. The van der Waals surface area contributed by atoms with Gasteiger partial charge in [0.2, 0.25) is 12.7 Å². The maximum Gasteiger partial charge on any atom is 0.241 e. The Morgan fingerprint density at radius 2 is 2.05 bits per heavy atom. The molecule has 4 nitrogen and oxygen atoms in total. The zero-order valence-corrected chi connectivity index (χ0v) is 14.5. The molecule has 0 radical (unpaired) electrons. The molecule has 6 heteroatoms. The van der Waals surface area contributed by atoms with Crippen LogP contribution in [0.4, 0.5) is 0 Å². The van der Waals surface area contributed by atoms with Gasteiger partial charge in [-0.05, 0) is 43.4 Å². The minimum Gasteiger partial charge on any atom is -0.454 e. The molecule has 0 aromatic heterocycles. The van der Waals surface area contributed by atoms with Crippen molar-refractivity contribution in [3.63, 3.8) is 0 Å². The number of halogens is 2. The minimum absolute atomic E-state index is 0.0144. The van der Waals surface area contributed by atoms with Gasteiger partial charge in [0.25, 0.3) is 0 Å². The zero-order valence-electron chi connectivity index (χ0n) is 12.1. The van der Waals surface area contributed by atoms with Gasteiger partial charge in [0.1, 0.15) is 5.88 Å². The topological polar surface area (TPSA) is 38.8 Å². The van der Waals surface area contributed by atoms with Crippen molar-refractivity contribution in [2.45, 2.75) is 32.2 Å². The summed E-state index contributed by atoms with van der Waals surface area (Å²) in [5.74, 6) is 1.36. The molecule has 0 spiro atoms. The van der Waals surface area contributed by atoms with E-state index in [4.69, 9.17) is 21.1 Å². The lowest BCUT2D eigenvalue weighted by Crippen LogP contribution is -2.31. The lowest BCUT2D eigenvalue weighted by molar-refractivity contribution is -0.127. The molecule has 0 unspecified atom stereocenters. The van der Waals surface area contributed by atoms with Crippen LogP contribution in [0.25, 0.3) is 0 Å². The van der Waals surface area contributed by atoms with Crippen LogP contribution in [0.2, 0.25) is 0 Å². The molecule has 1 aliphatic carbocycles. The number of hydrogen-bond acceptors (Lipinski definition) is 3. The van der Waals surface area contributed by atoms with E-state index in [-0.39, 0.29) is 18.6 Å². The Bertz CT molecular complexity index is 618. The molecule has 0 bridgehead atoms. The van der Waals surface area contributed by atoms with Crippen LogP contribution in [0.15, 0.2) is 28.4 Å². The van der Waals surface area contributed by atoms with Crippen LogP contribution in [-0.4, -0.2) is 23.5 Å². The van der Waals surface area contributed by atoms with E-state index in [1.807, 2.05) is 12.1 Å². The molecule has 0 saturated carbocycles. The third-order valence-electron chi connectivity index (χ3n) is 3.90. The van der Waals surface area contributed by atoms with Gasteiger partial charge in [0, 0.05) is 10.2 Å². The average molecular weight is 387 g/mol. The van der Waals surface area contributed by atoms with Crippen molar-refractivity contribution in [1.82, 2.24) is 4.90 Å². The second-order valence-corrected chi connectivity index (χ2v) is 6.47. The number of fused-ring (bicyclic) bond motifs is 1. The predicted molar refractivity (Wildman–Crippen MR) is 88.1 cm³/mol. The first-order valence-corrected chi connectivity index (χ1v) is 8.65. The van der Waals surface area contributed by atoms with Gasteiger partial charge in [-0.3, -0.25) is 4.79 Å². The highest BCUT2D eigenvalue weighted by Gasteiger charge is 2.22.